The zero-order chi connectivity index (χ0) is 18.9. The van der Waals surface area contributed by atoms with Crippen LogP contribution in [-0.4, -0.2) is 22.0 Å². The summed E-state index contributed by atoms with van der Waals surface area (Å²) in [5.74, 6) is 3.07. The van der Waals surface area contributed by atoms with Gasteiger partial charge in [-0.1, -0.05) is 18.6 Å². The zero-order valence-corrected chi connectivity index (χ0v) is 17.7. The van der Waals surface area contributed by atoms with Gasteiger partial charge in [-0.15, -0.1) is 23.5 Å². The minimum Gasteiger partial charge on any atom is -0.210 e. The molecule has 1 heterocycles. The summed E-state index contributed by atoms with van der Waals surface area (Å²) >= 11 is 4.25. The fourth-order valence-electron chi connectivity index (χ4n) is 7.71. The molecule has 1 spiro atoms. The van der Waals surface area contributed by atoms with E-state index < -0.39 is 17.8 Å². The van der Waals surface area contributed by atoms with Crippen LogP contribution in [-0.2, 0) is 0 Å². The molecule has 4 aliphatic carbocycles. The van der Waals surface area contributed by atoms with E-state index in [0.717, 1.165) is 25.7 Å². The summed E-state index contributed by atoms with van der Waals surface area (Å²) in [6.45, 7) is 2.44. The van der Waals surface area contributed by atoms with E-state index in [9.17, 15) is 14.0 Å². The molecular formula is C22H29F2NS2. The van der Waals surface area contributed by atoms with Crippen LogP contribution in [0.2, 0.25) is 0 Å². The van der Waals surface area contributed by atoms with E-state index in [0.29, 0.717) is 28.8 Å². The Morgan fingerprint density at radius 3 is 2.56 bits per heavy atom. The fourth-order valence-corrected chi connectivity index (χ4v) is 10.8. The van der Waals surface area contributed by atoms with Gasteiger partial charge in [-0.2, -0.15) is 5.26 Å². The second-order valence-electron chi connectivity index (χ2n) is 9.72. The van der Waals surface area contributed by atoms with Gasteiger partial charge in [-0.25, -0.2) is 8.78 Å². The van der Waals surface area contributed by atoms with Crippen LogP contribution in [0.4, 0.5) is 8.78 Å². The number of fused-ring (bicyclic) bond motifs is 5. The van der Waals surface area contributed by atoms with Gasteiger partial charge in [0.2, 0.25) is 6.43 Å². The molecule has 1 aliphatic heterocycles. The number of hydrogen-bond acceptors (Lipinski definition) is 3. The van der Waals surface area contributed by atoms with Crippen molar-refractivity contribution in [1.29, 1.82) is 5.26 Å². The fraction of sp³-hybridized carbons (Fsp3) is 0.864. The maximum atomic E-state index is 14.3. The van der Waals surface area contributed by atoms with Crippen LogP contribution in [0, 0.1) is 45.8 Å². The van der Waals surface area contributed by atoms with Crippen molar-refractivity contribution < 1.29 is 8.78 Å². The Bertz CT molecular complexity index is 695. The van der Waals surface area contributed by atoms with Crippen LogP contribution in [0.15, 0.2) is 11.6 Å². The van der Waals surface area contributed by atoms with Crippen molar-refractivity contribution in [3.8, 4) is 6.07 Å². The minimum absolute atomic E-state index is 0.0605. The Morgan fingerprint density at radius 1 is 1.07 bits per heavy atom. The van der Waals surface area contributed by atoms with E-state index >= 15 is 0 Å². The lowest BCUT2D eigenvalue weighted by molar-refractivity contribution is -0.128. The molecule has 0 amide bonds. The molecule has 0 aromatic heterocycles. The topological polar surface area (TPSA) is 23.8 Å². The Hall–Kier alpha value is -0.210. The lowest BCUT2D eigenvalue weighted by Gasteiger charge is -2.59. The quantitative estimate of drug-likeness (QED) is 0.461. The van der Waals surface area contributed by atoms with E-state index in [4.69, 9.17) is 0 Å². The number of allylic oxidation sites excluding steroid dienone is 1. The molecule has 6 atom stereocenters. The van der Waals surface area contributed by atoms with Crippen LogP contribution in [0.5, 0.6) is 0 Å². The number of thioether (sulfide) groups is 2. The third kappa shape index (κ3) is 2.48. The third-order valence-corrected chi connectivity index (χ3v) is 12.5. The Balaban J connectivity index is 1.48. The van der Waals surface area contributed by atoms with Gasteiger partial charge in [-0.05, 0) is 74.5 Å². The first-order chi connectivity index (χ1) is 13.0. The van der Waals surface area contributed by atoms with Gasteiger partial charge in [0.15, 0.2) is 0 Å². The molecule has 1 nitrogen and oxygen atoms in total. The van der Waals surface area contributed by atoms with Crippen molar-refractivity contribution in [2.75, 3.05) is 11.5 Å². The molecule has 27 heavy (non-hydrogen) atoms. The predicted molar refractivity (Wildman–Crippen MR) is 109 cm³/mol. The average molecular weight is 410 g/mol. The molecule has 0 unspecified atom stereocenters. The molecule has 0 bridgehead atoms. The number of rotatable bonds is 1. The van der Waals surface area contributed by atoms with E-state index in [1.54, 1.807) is 5.57 Å². The molecule has 0 aromatic carbocycles. The molecule has 5 heteroatoms. The van der Waals surface area contributed by atoms with Crippen molar-refractivity contribution in [3.05, 3.63) is 11.6 Å². The summed E-state index contributed by atoms with van der Waals surface area (Å²) in [4.78, 5) is 0. The van der Waals surface area contributed by atoms with Gasteiger partial charge < -0.3 is 0 Å². The summed E-state index contributed by atoms with van der Waals surface area (Å²) in [6, 6.07) is 2.28. The van der Waals surface area contributed by atoms with E-state index in [2.05, 4.69) is 42.6 Å². The first-order valence-corrected chi connectivity index (χ1v) is 12.6. The molecular weight excluding hydrogens is 380 g/mol. The van der Waals surface area contributed by atoms with Gasteiger partial charge in [0, 0.05) is 11.5 Å². The van der Waals surface area contributed by atoms with Gasteiger partial charge >= 0.3 is 0 Å². The first kappa shape index (κ1) is 18.8. The Kier molecular flexibility index (Phi) is 4.45. The highest BCUT2D eigenvalue weighted by molar-refractivity contribution is 8.21. The van der Waals surface area contributed by atoms with E-state index in [-0.39, 0.29) is 11.3 Å². The van der Waals surface area contributed by atoms with Crippen LogP contribution >= 0.6 is 23.5 Å². The third-order valence-electron chi connectivity index (χ3n) is 9.05. The highest BCUT2D eigenvalue weighted by Crippen LogP contribution is 2.69. The van der Waals surface area contributed by atoms with Crippen molar-refractivity contribution in [2.24, 2.45) is 34.5 Å². The Labute approximate surface area is 170 Å². The molecule has 3 saturated carbocycles. The smallest absolute Gasteiger partial charge is 0.210 e. The summed E-state index contributed by atoms with van der Waals surface area (Å²) < 4.78 is 29.0. The maximum Gasteiger partial charge on any atom is 0.245 e. The number of alkyl halides is 2. The van der Waals surface area contributed by atoms with E-state index in [1.807, 2.05) is 0 Å². The highest BCUT2D eigenvalue weighted by Gasteiger charge is 2.64. The van der Waals surface area contributed by atoms with Gasteiger partial charge in [0.1, 0.15) is 0 Å². The number of hydrogen-bond donors (Lipinski definition) is 0. The molecule has 1 saturated heterocycles. The summed E-state index contributed by atoms with van der Waals surface area (Å²) in [5.41, 5.74) is 0.827. The van der Waals surface area contributed by atoms with Crippen molar-refractivity contribution in [3.63, 3.8) is 0 Å². The molecule has 5 aliphatic rings. The molecule has 5 rings (SSSR count). The van der Waals surface area contributed by atoms with Crippen LogP contribution < -0.4 is 0 Å². The normalized spacial score (nSPS) is 47.9. The Morgan fingerprint density at radius 2 is 1.85 bits per heavy atom. The summed E-state index contributed by atoms with van der Waals surface area (Å²) in [7, 11) is 0. The summed E-state index contributed by atoms with van der Waals surface area (Å²) in [6.07, 6.45) is 7.85. The van der Waals surface area contributed by atoms with Gasteiger partial charge in [0.05, 0.1) is 21.5 Å². The lowest BCUT2D eigenvalue weighted by Crippen LogP contribution is -2.54. The standard InChI is InChI=1S/C22H29F2NS2/c1-20-8-9-21(26-10-11-27-21)12-14(20)2-4-16-17(20)6-7-22(19(23)24)15(13-25)3-5-18(16)22/h12,15-19H,2-11H2,1H3/t15-,16+,17-,18-,20-,22-/m0/s1. The molecule has 0 aromatic rings. The summed E-state index contributed by atoms with van der Waals surface area (Å²) in [5, 5.41) is 9.57. The van der Waals surface area contributed by atoms with Crippen LogP contribution in [0.25, 0.3) is 0 Å². The van der Waals surface area contributed by atoms with Gasteiger partial charge in [-0.3, -0.25) is 0 Å². The van der Waals surface area contributed by atoms with E-state index in [1.165, 1.54) is 24.3 Å². The SMILES string of the molecule is C[C@]12CCC3(C=C1CC[C@H]1[C@@H]4CC[C@@H](C#N)[C@@]4(C(F)F)CC[C@@H]12)SCCS3. The number of nitriles is 1. The largest absolute Gasteiger partial charge is 0.245 e. The molecule has 4 fully saturated rings. The molecule has 0 radical (unpaired) electrons. The maximum absolute atomic E-state index is 14.3. The molecule has 148 valence electrons. The molecule has 0 N–H and O–H groups in total. The van der Waals surface area contributed by atoms with Crippen molar-refractivity contribution in [1.82, 2.24) is 0 Å². The second kappa shape index (κ2) is 6.39. The predicted octanol–water partition coefficient (Wildman–Crippen LogP) is 6.51. The van der Waals surface area contributed by atoms with Gasteiger partial charge in [0.25, 0.3) is 0 Å². The number of nitrogens with zero attached hydrogens (tertiary/aromatic N) is 1. The highest BCUT2D eigenvalue weighted by atomic mass is 32.2. The van der Waals surface area contributed by atoms with Crippen molar-refractivity contribution >= 4 is 23.5 Å². The second-order valence-corrected chi connectivity index (χ2v) is 12.8. The first-order valence-electron chi connectivity index (χ1n) is 10.6. The van der Waals surface area contributed by atoms with Crippen molar-refractivity contribution in [2.45, 2.75) is 68.8 Å². The number of halogens is 2. The zero-order valence-electron chi connectivity index (χ0n) is 16.1. The minimum atomic E-state index is -2.35. The average Bonchev–Trinajstić information content (AvgIpc) is 3.27. The lowest BCUT2D eigenvalue weighted by atomic mass is 9.46. The van der Waals surface area contributed by atoms with Crippen LogP contribution in [0.3, 0.4) is 0 Å². The van der Waals surface area contributed by atoms with Crippen LogP contribution in [0.1, 0.15) is 58.3 Å². The monoisotopic (exact) mass is 409 g/mol.